The van der Waals surface area contributed by atoms with E-state index in [1.807, 2.05) is 49.4 Å². The van der Waals surface area contributed by atoms with Crippen LogP contribution in [0.25, 0.3) is 0 Å². The molecule has 0 aliphatic heterocycles. The number of carbonyl (C=O) groups is 2. The van der Waals surface area contributed by atoms with Crippen molar-refractivity contribution >= 4 is 11.9 Å². The fourth-order valence-electron chi connectivity index (χ4n) is 2.40. The van der Waals surface area contributed by atoms with Gasteiger partial charge in [-0.3, -0.25) is 4.79 Å². The summed E-state index contributed by atoms with van der Waals surface area (Å²) in [6, 6.07) is 16.7. The summed E-state index contributed by atoms with van der Waals surface area (Å²) in [5.74, 6) is -0.672. The predicted molar refractivity (Wildman–Crippen MR) is 90.9 cm³/mol. The van der Waals surface area contributed by atoms with Crippen molar-refractivity contribution in [1.82, 2.24) is 4.90 Å². The molecule has 1 atom stereocenters. The van der Waals surface area contributed by atoms with Crippen molar-refractivity contribution in [2.45, 2.75) is 19.4 Å². The summed E-state index contributed by atoms with van der Waals surface area (Å²) in [5, 5.41) is 8.59. The van der Waals surface area contributed by atoms with Gasteiger partial charge in [-0.1, -0.05) is 42.5 Å². The summed E-state index contributed by atoms with van der Waals surface area (Å²) < 4.78 is 5.09. The second-order valence-corrected chi connectivity index (χ2v) is 5.65. The van der Waals surface area contributed by atoms with Crippen LogP contribution in [-0.2, 0) is 16.1 Å². The van der Waals surface area contributed by atoms with Gasteiger partial charge in [-0.25, -0.2) is 4.79 Å². The number of hydrogen-bond acceptors (Lipinski definition) is 3. The molecular formula is C19H21NO4. The van der Waals surface area contributed by atoms with Crippen LogP contribution in [0.3, 0.4) is 0 Å². The average molecular weight is 327 g/mol. The molecule has 0 saturated heterocycles. The molecule has 5 nitrogen and oxygen atoms in total. The number of carbonyl (C=O) groups excluding carboxylic acids is 1. The van der Waals surface area contributed by atoms with E-state index in [0.717, 1.165) is 11.1 Å². The standard InChI is InChI=1S/C19H21NO4/c1-14(16-6-4-3-5-7-16)19(23)20(2)12-15-8-10-17(11-9-15)24-13-18(21)22/h3-11,14H,12-13H2,1-2H3,(H,21,22)/t14-/m1/s1. The van der Waals surface area contributed by atoms with Crippen LogP contribution in [0.5, 0.6) is 5.75 Å². The van der Waals surface area contributed by atoms with Crippen molar-refractivity contribution in [3.63, 3.8) is 0 Å². The van der Waals surface area contributed by atoms with E-state index in [1.54, 1.807) is 24.1 Å². The summed E-state index contributed by atoms with van der Waals surface area (Å²) in [5.41, 5.74) is 1.94. The Bertz CT molecular complexity index is 682. The van der Waals surface area contributed by atoms with Crippen molar-refractivity contribution in [1.29, 1.82) is 0 Å². The second-order valence-electron chi connectivity index (χ2n) is 5.65. The molecule has 2 aromatic carbocycles. The van der Waals surface area contributed by atoms with E-state index in [-0.39, 0.29) is 18.4 Å². The molecule has 0 aromatic heterocycles. The minimum atomic E-state index is -1.01. The first-order chi connectivity index (χ1) is 11.5. The van der Waals surface area contributed by atoms with Gasteiger partial charge < -0.3 is 14.7 Å². The molecule has 5 heteroatoms. The van der Waals surface area contributed by atoms with E-state index < -0.39 is 5.97 Å². The number of carboxylic acid groups (broad SMARTS) is 1. The predicted octanol–water partition coefficient (Wildman–Crippen LogP) is 2.91. The molecule has 1 amide bonds. The largest absolute Gasteiger partial charge is 0.482 e. The summed E-state index contributed by atoms with van der Waals surface area (Å²) in [4.78, 5) is 24.7. The average Bonchev–Trinajstić information content (AvgIpc) is 2.60. The van der Waals surface area contributed by atoms with Crippen LogP contribution in [0.15, 0.2) is 54.6 Å². The first-order valence-electron chi connectivity index (χ1n) is 7.71. The topological polar surface area (TPSA) is 66.8 Å². The van der Waals surface area contributed by atoms with Crippen molar-refractivity contribution in [3.8, 4) is 5.75 Å². The third kappa shape index (κ3) is 4.84. The molecule has 24 heavy (non-hydrogen) atoms. The highest BCUT2D eigenvalue weighted by molar-refractivity contribution is 5.83. The molecular weight excluding hydrogens is 306 g/mol. The van der Waals surface area contributed by atoms with Gasteiger partial charge in [0.1, 0.15) is 5.75 Å². The van der Waals surface area contributed by atoms with Crippen LogP contribution in [0.1, 0.15) is 24.0 Å². The third-order valence-electron chi connectivity index (χ3n) is 3.75. The Morgan fingerprint density at radius 3 is 2.29 bits per heavy atom. The van der Waals surface area contributed by atoms with Gasteiger partial charge in [0, 0.05) is 13.6 Å². The Hall–Kier alpha value is -2.82. The number of carboxylic acids is 1. The Morgan fingerprint density at radius 1 is 1.08 bits per heavy atom. The maximum atomic E-state index is 12.5. The number of amides is 1. The SMILES string of the molecule is C[C@@H](C(=O)N(C)Cc1ccc(OCC(=O)O)cc1)c1ccccc1. The summed E-state index contributed by atoms with van der Waals surface area (Å²) in [6.45, 7) is 2.01. The van der Waals surface area contributed by atoms with Gasteiger partial charge in [0.25, 0.3) is 0 Å². The van der Waals surface area contributed by atoms with Gasteiger partial charge in [-0.05, 0) is 30.2 Å². The highest BCUT2D eigenvalue weighted by atomic mass is 16.5. The molecule has 0 spiro atoms. The number of likely N-dealkylation sites (N-methyl/N-ethyl adjacent to an activating group) is 1. The van der Waals surface area contributed by atoms with Crippen molar-refractivity contribution in [2.75, 3.05) is 13.7 Å². The maximum absolute atomic E-state index is 12.5. The molecule has 0 aliphatic rings. The van der Waals surface area contributed by atoms with Gasteiger partial charge in [0.2, 0.25) is 5.91 Å². The van der Waals surface area contributed by atoms with Crippen molar-refractivity contribution in [3.05, 3.63) is 65.7 Å². The number of hydrogen-bond donors (Lipinski definition) is 1. The van der Waals surface area contributed by atoms with E-state index in [2.05, 4.69) is 0 Å². The van der Waals surface area contributed by atoms with Gasteiger partial charge in [0.05, 0.1) is 5.92 Å². The third-order valence-corrected chi connectivity index (χ3v) is 3.75. The van der Waals surface area contributed by atoms with Crippen molar-refractivity contribution in [2.24, 2.45) is 0 Å². The van der Waals surface area contributed by atoms with Crippen LogP contribution in [0.4, 0.5) is 0 Å². The van der Waals surface area contributed by atoms with E-state index in [9.17, 15) is 9.59 Å². The van der Waals surface area contributed by atoms with Gasteiger partial charge in [-0.2, -0.15) is 0 Å². The highest BCUT2D eigenvalue weighted by Gasteiger charge is 2.19. The molecule has 0 bridgehead atoms. The molecule has 1 N–H and O–H groups in total. The van der Waals surface area contributed by atoms with Crippen LogP contribution in [-0.4, -0.2) is 35.5 Å². The quantitative estimate of drug-likeness (QED) is 0.849. The van der Waals surface area contributed by atoms with Crippen LogP contribution >= 0.6 is 0 Å². The van der Waals surface area contributed by atoms with Gasteiger partial charge in [0.15, 0.2) is 6.61 Å². The fraction of sp³-hybridized carbons (Fsp3) is 0.263. The Balaban J connectivity index is 1.95. The van der Waals surface area contributed by atoms with Gasteiger partial charge in [-0.15, -0.1) is 0 Å². The summed E-state index contributed by atoms with van der Waals surface area (Å²) in [7, 11) is 1.77. The lowest BCUT2D eigenvalue weighted by Gasteiger charge is -2.22. The molecule has 0 fully saturated rings. The minimum absolute atomic E-state index is 0.0485. The van der Waals surface area contributed by atoms with Crippen LogP contribution < -0.4 is 4.74 Å². The monoisotopic (exact) mass is 327 g/mol. The number of benzene rings is 2. The van der Waals surface area contributed by atoms with Crippen LogP contribution in [0, 0.1) is 0 Å². The summed E-state index contributed by atoms with van der Waals surface area (Å²) in [6.07, 6.45) is 0. The Morgan fingerprint density at radius 2 is 1.71 bits per heavy atom. The number of ether oxygens (including phenoxy) is 1. The molecule has 0 radical (unpaired) electrons. The molecule has 0 saturated carbocycles. The van der Waals surface area contributed by atoms with Gasteiger partial charge >= 0.3 is 5.97 Å². The minimum Gasteiger partial charge on any atom is -0.482 e. The first-order valence-corrected chi connectivity index (χ1v) is 7.71. The fourth-order valence-corrected chi connectivity index (χ4v) is 2.40. The number of aliphatic carboxylic acids is 1. The maximum Gasteiger partial charge on any atom is 0.341 e. The van der Waals surface area contributed by atoms with E-state index in [1.165, 1.54) is 0 Å². The highest BCUT2D eigenvalue weighted by Crippen LogP contribution is 2.19. The first kappa shape index (κ1) is 17.5. The van der Waals surface area contributed by atoms with E-state index in [4.69, 9.17) is 9.84 Å². The number of nitrogens with zero attached hydrogens (tertiary/aromatic N) is 1. The Kier molecular flexibility index (Phi) is 5.95. The summed E-state index contributed by atoms with van der Waals surface area (Å²) >= 11 is 0. The van der Waals surface area contributed by atoms with Crippen molar-refractivity contribution < 1.29 is 19.4 Å². The van der Waals surface area contributed by atoms with E-state index >= 15 is 0 Å². The normalized spacial score (nSPS) is 11.6. The zero-order valence-corrected chi connectivity index (χ0v) is 13.8. The zero-order valence-electron chi connectivity index (χ0n) is 13.8. The van der Waals surface area contributed by atoms with E-state index in [0.29, 0.717) is 12.3 Å². The lowest BCUT2D eigenvalue weighted by atomic mass is 10.00. The molecule has 0 heterocycles. The lowest BCUT2D eigenvalue weighted by molar-refractivity contribution is -0.139. The molecule has 0 aliphatic carbocycles. The zero-order chi connectivity index (χ0) is 17.5. The molecule has 126 valence electrons. The van der Waals surface area contributed by atoms with Crippen LogP contribution in [0.2, 0.25) is 0 Å². The second kappa shape index (κ2) is 8.15. The molecule has 2 aromatic rings. The molecule has 0 unspecified atom stereocenters. The smallest absolute Gasteiger partial charge is 0.341 e. The Labute approximate surface area is 141 Å². The number of rotatable bonds is 7. The lowest BCUT2D eigenvalue weighted by Crippen LogP contribution is -2.30. The molecule has 2 rings (SSSR count).